The third-order valence-electron chi connectivity index (χ3n) is 5.98. The Morgan fingerprint density at radius 3 is 3.00 bits per heavy atom. The van der Waals surface area contributed by atoms with Gasteiger partial charge in [-0.1, -0.05) is 24.6 Å². The van der Waals surface area contributed by atoms with Crippen molar-refractivity contribution in [1.82, 2.24) is 9.88 Å². The van der Waals surface area contributed by atoms with Gasteiger partial charge in [0.1, 0.15) is 11.8 Å². The highest BCUT2D eigenvalue weighted by molar-refractivity contribution is 5.95. The van der Waals surface area contributed by atoms with Crippen molar-refractivity contribution in [3.63, 3.8) is 0 Å². The molecule has 4 aliphatic heterocycles. The van der Waals surface area contributed by atoms with Crippen molar-refractivity contribution in [1.29, 1.82) is 0 Å². The van der Waals surface area contributed by atoms with Crippen LogP contribution in [0.1, 0.15) is 36.2 Å². The molecule has 2 aromatic rings. The van der Waals surface area contributed by atoms with Crippen molar-refractivity contribution in [3.05, 3.63) is 36.0 Å². The predicted molar refractivity (Wildman–Crippen MR) is 88.7 cm³/mol. The normalized spacial score (nSPS) is 34.5. The number of esters is 1. The van der Waals surface area contributed by atoms with E-state index in [0.717, 1.165) is 30.2 Å². The second kappa shape index (κ2) is 5.18. The maximum Gasteiger partial charge on any atom is 0.355 e. The Kier molecular flexibility index (Phi) is 3.07. The van der Waals surface area contributed by atoms with Crippen LogP contribution in [-0.4, -0.2) is 46.4 Å². The van der Waals surface area contributed by atoms with Crippen LogP contribution >= 0.6 is 0 Å². The highest BCUT2D eigenvalue weighted by Gasteiger charge is 2.54. The lowest BCUT2D eigenvalue weighted by atomic mass is 9.70. The van der Waals surface area contributed by atoms with Gasteiger partial charge < -0.3 is 9.72 Å². The summed E-state index contributed by atoms with van der Waals surface area (Å²) >= 11 is 0. The second-order valence-electron chi connectivity index (χ2n) is 7.27. The molecule has 0 spiro atoms. The maximum absolute atomic E-state index is 12.6. The van der Waals surface area contributed by atoms with Crippen LogP contribution in [0.2, 0.25) is 0 Å². The molecule has 124 valence electrons. The van der Waals surface area contributed by atoms with Gasteiger partial charge in [-0.05, 0) is 31.4 Å². The number of piperidine rings is 4. The summed E-state index contributed by atoms with van der Waals surface area (Å²) in [4.78, 5) is 30.4. The van der Waals surface area contributed by atoms with Gasteiger partial charge in [0, 0.05) is 23.0 Å². The van der Waals surface area contributed by atoms with E-state index in [4.69, 9.17) is 4.74 Å². The highest BCUT2D eigenvalue weighted by atomic mass is 16.5. The monoisotopic (exact) mass is 324 g/mol. The van der Waals surface area contributed by atoms with Gasteiger partial charge in [-0.15, -0.1) is 0 Å². The SMILES string of the molecule is O=C(OC1C2CC3CCCC1N3CC2=O)c1cc2ccccc2[nH]1. The summed E-state index contributed by atoms with van der Waals surface area (Å²) in [7, 11) is 0. The molecule has 5 heteroatoms. The highest BCUT2D eigenvalue weighted by Crippen LogP contribution is 2.43. The number of hydrogen-bond acceptors (Lipinski definition) is 4. The van der Waals surface area contributed by atoms with Gasteiger partial charge in [-0.2, -0.15) is 0 Å². The van der Waals surface area contributed by atoms with Crippen molar-refractivity contribution in [2.45, 2.75) is 43.9 Å². The van der Waals surface area contributed by atoms with Gasteiger partial charge in [0.15, 0.2) is 5.78 Å². The minimum atomic E-state index is -0.347. The molecule has 0 saturated carbocycles. The number of nitrogens with zero attached hydrogens (tertiary/aromatic N) is 1. The fourth-order valence-electron chi connectivity index (χ4n) is 4.86. The van der Waals surface area contributed by atoms with E-state index < -0.39 is 0 Å². The van der Waals surface area contributed by atoms with E-state index in [1.807, 2.05) is 30.3 Å². The number of H-pyrrole nitrogens is 1. The van der Waals surface area contributed by atoms with Crippen LogP contribution in [0, 0.1) is 5.92 Å². The van der Waals surface area contributed by atoms with E-state index in [1.54, 1.807) is 0 Å². The Hall–Kier alpha value is -2.14. The number of nitrogens with one attached hydrogen (secondary N) is 1. The fourth-order valence-corrected chi connectivity index (χ4v) is 4.86. The van der Waals surface area contributed by atoms with Gasteiger partial charge in [0.05, 0.1) is 12.5 Å². The Morgan fingerprint density at radius 2 is 2.12 bits per heavy atom. The number of benzene rings is 1. The number of rotatable bonds is 2. The number of hydrogen-bond donors (Lipinski definition) is 1. The lowest BCUT2D eigenvalue weighted by Crippen LogP contribution is -2.68. The van der Waals surface area contributed by atoms with Gasteiger partial charge in [-0.25, -0.2) is 4.79 Å². The minimum absolute atomic E-state index is 0.112. The molecule has 0 radical (unpaired) electrons. The number of aromatic amines is 1. The Morgan fingerprint density at radius 1 is 1.25 bits per heavy atom. The number of Topliss-reactive ketones (excluding diaryl/α,β-unsaturated/α-hetero) is 1. The summed E-state index contributed by atoms with van der Waals surface area (Å²) < 4.78 is 5.86. The Balaban J connectivity index is 1.42. The van der Waals surface area contributed by atoms with Crippen LogP contribution in [0.3, 0.4) is 0 Å². The molecule has 4 saturated heterocycles. The van der Waals surface area contributed by atoms with Crippen LogP contribution in [0.5, 0.6) is 0 Å². The van der Waals surface area contributed by atoms with Crippen LogP contribution in [0.4, 0.5) is 0 Å². The summed E-state index contributed by atoms with van der Waals surface area (Å²) in [5, 5.41) is 0.993. The Bertz CT molecular complexity index is 794. The van der Waals surface area contributed by atoms with Gasteiger partial charge in [0.2, 0.25) is 0 Å². The first-order chi connectivity index (χ1) is 11.7. The third-order valence-corrected chi connectivity index (χ3v) is 5.98. The summed E-state index contributed by atoms with van der Waals surface area (Å²) in [6.45, 7) is 0.542. The summed E-state index contributed by atoms with van der Waals surface area (Å²) in [6.07, 6.45) is 3.91. The quantitative estimate of drug-likeness (QED) is 0.862. The van der Waals surface area contributed by atoms with E-state index in [-0.39, 0.29) is 29.8 Å². The fraction of sp³-hybridized carbons (Fsp3) is 0.474. The summed E-state index contributed by atoms with van der Waals surface area (Å²) in [5.41, 5.74) is 1.39. The van der Waals surface area contributed by atoms with E-state index in [1.165, 1.54) is 6.42 Å². The number of carbonyl (C=O) groups is 2. The van der Waals surface area contributed by atoms with Crippen LogP contribution in [-0.2, 0) is 9.53 Å². The summed E-state index contributed by atoms with van der Waals surface area (Å²) in [5.74, 6) is -0.225. The van der Waals surface area contributed by atoms with Crippen LogP contribution < -0.4 is 0 Å². The van der Waals surface area contributed by atoms with Gasteiger partial charge in [-0.3, -0.25) is 9.69 Å². The van der Waals surface area contributed by atoms with Crippen LogP contribution in [0.15, 0.2) is 30.3 Å². The lowest BCUT2D eigenvalue weighted by molar-refractivity contribution is -0.160. The topological polar surface area (TPSA) is 62.4 Å². The zero-order valence-electron chi connectivity index (χ0n) is 13.4. The average Bonchev–Trinajstić information content (AvgIpc) is 3.01. The molecule has 1 N–H and O–H groups in total. The number of ketones is 1. The number of para-hydroxylation sites is 1. The molecule has 4 bridgehead atoms. The van der Waals surface area contributed by atoms with E-state index in [0.29, 0.717) is 18.3 Å². The van der Waals surface area contributed by atoms with Crippen molar-refractivity contribution < 1.29 is 14.3 Å². The molecule has 0 aliphatic carbocycles. The van der Waals surface area contributed by atoms with E-state index >= 15 is 0 Å². The van der Waals surface area contributed by atoms with E-state index in [2.05, 4.69) is 9.88 Å². The third kappa shape index (κ3) is 2.04. The first kappa shape index (κ1) is 14.2. The molecule has 4 fully saturated rings. The molecule has 5 nitrogen and oxygen atoms in total. The molecule has 5 atom stereocenters. The van der Waals surface area contributed by atoms with Gasteiger partial charge >= 0.3 is 5.97 Å². The van der Waals surface area contributed by atoms with Crippen molar-refractivity contribution in [3.8, 4) is 0 Å². The molecule has 5 heterocycles. The lowest BCUT2D eigenvalue weighted by Gasteiger charge is -2.55. The number of ether oxygens (including phenoxy) is 1. The second-order valence-corrected chi connectivity index (χ2v) is 7.27. The Labute approximate surface area is 140 Å². The number of fused-ring (bicyclic) bond motifs is 2. The predicted octanol–water partition coefficient (Wildman–Crippen LogP) is 2.52. The number of aromatic nitrogens is 1. The molecular formula is C19H20N2O3. The summed E-state index contributed by atoms with van der Waals surface area (Å²) in [6, 6.07) is 10.3. The molecule has 0 amide bonds. The average molecular weight is 324 g/mol. The maximum atomic E-state index is 12.6. The zero-order valence-corrected chi connectivity index (χ0v) is 13.4. The van der Waals surface area contributed by atoms with Crippen molar-refractivity contribution >= 4 is 22.7 Å². The molecule has 6 rings (SSSR count). The standard InChI is InChI=1S/C19H20N2O3/c22-17-10-21-12-5-3-7-16(21)18(13(17)9-12)24-19(23)15-8-11-4-1-2-6-14(11)20-15/h1-2,4,6,8,12-13,16,18,20H,3,5,7,9-10H2. The largest absolute Gasteiger partial charge is 0.455 e. The van der Waals surface area contributed by atoms with Crippen LogP contribution in [0.25, 0.3) is 10.9 Å². The molecule has 4 aliphatic rings. The molecule has 1 aromatic heterocycles. The first-order valence-electron chi connectivity index (χ1n) is 8.78. The van der Waals surface area contributed by atoms with Gasteiger partial charge in [0.25, 0.3) is 0 Å². The first-order valence-corrected chi connectivity index (χ1v) is 8.78. The molecule has 1 aromatic carbocycles. The zero-order chi connectivity index (χ0) is 16.3. The van der Waals surface area contributed by atoms with E-state index in [9.17, 15) is 9.59 Å². The number of carbonyl (C=O) groups excluding carboxylic acids is 2. The molecular weight excluding hydrogens is 304 g/mol. The minimum Gasteiger partial charge on any atom is -0.455 e. The molecule has 5 unspecified atom stereocenters. The molecule has 24 heavy (non-hydrogen) atoms. The van der Waals surface area contributed by atoms with Crippen molar-refractivity contribution in [2.75, 3.05) is 6.54 Å². The smallest absolute Gasteiger partial charge is 0.355 e. The van der Waals surface area contributed by atoms with Crippen molar-refractivity contribution in [2.24, 2.45) is 5.92 Å².